The Balaban J connectivity index is 2.17. The van der Waals surface area contributed by atoms with Crippen LogP contribution in [0.3, 0.4) is 0 Å². The highest BCUT2D eigenvalue weighted by molar-refractivity contribution is 7.91. The van der Waals surface area contributed by atoms with Gasteiger partial charge in [0.25, 0.3) is 10.0 Å². The fourth-order valence-corrected chi connectivity index (χ4v) is 5.11. The van der Waals surface area contributed by atoms with Crippen molar-refractivity contribution in [3.63, 3.8) is 0 Å². The maximum Gasteiger partial charge on any atom is 0.252 e. The Kier molecular flexibility index (Phi) is 4.11. The highest BCUT2D eigenvalue weighted by Gasteiger charge is 2.34. The molecule has 1 aliphatic rings. The second kappa shape index (κ2) is 5.28. The standard InChI is InChI=1S/C12H19NO3S2/c1-9(2)10-5-6-13(7-10)18(15,16)12-4-3-11(8-14)17-12/h3-4,9-10,14H,5-8H2,1-2H3. The molecule has 1 N–H and O–H groups in total. The molecule has 0 radical (unpaired) electrons. The molecule has 0 aromatic carbocycles. The Morgan fingerprint density at radius 3 is 2.72 bits per heavy atom. The molecule has 1 saturated heterocycles. The van der Waals surface area contributed by atoms with Crippen LogP contribution in [-0.2, 0) is 16.6 Å². The molecule has 0 saturated carbocycles. The maximum atomic E-state index is 12.4. The van der Waals surface area contributed by atoms with Gasteiger partial charge in [-0.3, -0.25) is 0 Å². The van der Waals surface area contributed by atoms with Gasteiger partial charge in [-0.1, -0.05) is 13.8 Å². The molecule has 0 amide bonds. The molecule has 102 valence electrons. The van der Waals surface area contributed by atoms with Crippen molar-refractivity contribution in [2.24, 2.45) is 11.8 Å². The zero-order chi connectivity index (χ0) is 13.3. The van der Waals surface area contributed by atoms with E-state index in [9.17, 15) is 8.42 Å². The number of aliphatic hydroxyl groups is 1. The van der Waals surface area contributed by atoms with Crippen LogP contribution in [0, 0.1) is 11.8 Å². The number of rotatable bonds is 4. The van der Waals surface area contributed by atoms with Crippen molar-refractivity contribution in [2.75, 3.05) is 13.1 Å². The van der Waals surface area contributed by atoms with Crippen molar-refractivity contribution >= 4 is 21.4 Å². The van der Waals surface area contributed by atoms with Gasteiger partial charge in [0.1, 0.15) is 4.21 Å². The van der Waals surface area contributed by atoms with E-state index < -0.39 is 10.0 Å². The normalized spacial score (nSPS) is 21.9. The molecule has 2 rings (SSSR count). The largest absolute Gasteiger partial charge is 0.391 e. The first-order valence-corrected chi connectivity index (χ1v) is 8.40. The fraction of sp³-hybridized carbons (Fsp3) is 0.667. The van der Waals surface area contributed by atoms with Gasteiger partial charge in [-0.05, 0) is 30.4 Å². The minimum Gasteiger partial charge on any atom is -0.391 e. The van der Waals surface area contributed by atoms with Crippen molar-refractivity contribution in [1.29, 1.82) is 0 Å². The van der Waals surface area contributed by atoms with Gasteiger partial charge in [-0.2, -0.15) is 4.31 Å². The van der Waals surface area contributed by atoms with Crippen LogP contribution in [0.2, 0.25) is 0 Å². The van der Waals surface area contributed by atoms with Gasteiger partial charge in [0, 0.05) is 18.0 Å². The van der Waals surface area contributed by atoms with E-state index in [2.05, 4.69) is 13.8 Å². The lowest BCUT2D eigenvalue weighted by atomic mass is 9.96. The van der Waals surface area contributed by atoms with Gasteiger partial charge < -0.3 is 5.11 Å². The predicted octanol–water partition coefficient (Wildman–Crippen LogP) is 1.91. The first-order valence-electron chi connectivity index (χ1n) is 6.15. The topological polar surface area (TPSA) is 57.6 Å². The molecule has 0 aliphatic carbocycles. The minimum absolute atomic E-state index is 0.102. The average Bonchev–Trinajstić information content (AvgIpc) is 2.98. The van der Waals surface area contributed by atoms with Crippen LogP contribution in [0.5, 0.6) is 0 Å². The predicted molar refractivity (Wildman–Crippen MR) is 71.9 cm³/mol. The summed E-state index contributed by atoms with van der Waals surface area (Å²) in [6.07, 6.45) is 0.940. The minimum atomic E-state index is -3.35. The van der Waals surface area contributed by atoms with Crippen LogP contribution < -0.4 is 0 Å². The van der Waals surface area contributed by atoms with Gasteiger partial charge in [0.15, 0.2) is 0 Å². The summed E-state index contributed by atoms with van der Waals surface area (Å²) in [4.78, 5) is 0.688. The van der Waals surface area contributed by atoms with Crippen molar-refractivity contribution in [2.45, 2.75) is 31.1 Å². The molecule has 18 heavy (non-hydrogen) atoms. The quantitative estimate of drug-likeness (QED) is 0.921. The number of aliphatic hydroxyl groups excluding tert-OH is 1. The number of thiophene rings is 1. The number of nitrogens with zero attached hydrogens (tertiary/aromatic N) is 1. The van der Waals surface area contributed by atoms with E-state index in [1.54, 1.807) is 16.4 Å². The zero-order valence-electron chi connectivity index (χ0n) is 10.7. The van der Waals surface area contributed by atoms with Crippen molar-refractivity contribution in [1.82, 2.24) is 4.31 Å². The van der Waals surface area contributed by atoms with Gasteiger partial charge in [-0.25, -0.2) is 8.42 Å². The summed E-state index contributed by atoms with van der Waals surface area (Å²) in [5.41, 5.74) is 0. The summed E-state index contributed by atoms with van der Waals surface area (Å²) < 4.78 is 26.7. The van der Waals surface area contributed by atoms with E-state index in [0.29, 0.717) is 34.0 Å². The SMILES string of the molecule is CC(C)C1CCN(S(=O)(=O)c2ccc(CO)s2)C1. The van der Waals surface area contributed by atoms with Crippen molar-refractivity contribution in [3.8, 4) is 0 Å². The highest BCUT2D eigenvalue weighted by atomic mass is 32.2. The van der Waals surface area contributed by atoms with E-state index in [-0.39, 0.29) is 6.61 Å². The molecule has 1 aromatic heterocycles. The molecule has 0 spiro atoms. The van der Waals surface area contributed by atoms with Crippen molar-refractivity contribution < 1.29 is 13.5 Å². The van der Waals surface area contributed by atoms with Crippen LogP contribution in [0.4, 0.5) is 0 Å². The second-order valence-electron chi connectivity index (χ2n) is 5.03. The van der Waals surface area contributed by atoms with Crippen molar-refractivity contribution in [3.05, 3.63) is 17.0 Å². The Morgan fingerprint density at radius 1 is 1.50 bits per heavy atom. The molecule has 6 heteroatoms. The monoisotopic (exact) mass is 289 g/mol. The molecule has 1 aliphatic heterocycles. The molecular formula is C12H19NO3S2. The molecule has 1 fully saturated rings. The summed E-state index contributed by atoms with van der Waals surface area (Å²) in [6.45, 7) is 5.39. The molecule has 2 heterocycles. The molecule has 0 bridgehead atoms. The number of hydrogen-bond acceptors (Lipinski definition) is 4. The molecule has 1 aromatic rings. The van der Waals surface area contributed by atoms with Gasteiger partial charge in [0.2, 0.25) is 0 Å². The Bertz CT molecular complexity index is 507. The van der Waals surface area contributed by atoms with Gasteiger partial charge >= 0.3 is 0 Å². The summed E-state index contributed by atoms with van der Waals surface area (Å²) in [7, 11) is -3.35. The third-order valence-electron chi connectivity index (χ3n) is 3.52. The lowest BCUT2D eigenvalue weighted by molar-refractivity contribution is 0.285. The van der Waals surface area contributed by atoms with Gasteiger partial charge in [0.05, 0.1) is 6.61 Å². The second-order valence-corrected chi connectivity index (χ2v) is 8.37. The smallest absolute Gasteiger partial charge is 0.252 e. The van der Waals surface area contributed by atoms with E-state index in [0.717, 1.165) is 17.8 Å². The third kappa shape index (κ3) is 2.61. The Hall–Kier alpha value is -0.430. The fourth-order valence-electron chi connectivity index (χ4n) is 2.23. The molecular weight excluding hydrogens is 270 g/mol. The number of hydrogen-bond donors (Lipinski definition) is 1. The summed E-state index contributed by atoms with van der Waals surface area (Å²) in [6, 6.07) is 3.27. The molecule has 1 atom stereocenters. The van der Waals surface area contributed by atoms with Crippen LogP contribution in [0.15, 0.2) is 16.3 Å². The summed E-state index contributed by atoms with van der Waals surface area (Å²) in [5.74, 6) is 0.971. The van der Waals surface area contributed by atoms with Crippen LogP contribution in [0.25, 0.3) is 0 Å². The zero-order valence-corrected chi connectivity index (χ0v) is 12.3. The van der Waals surface area contributed by atoms with Gasteiger partial charge in [-0.15, -0.1) is 11.3 Å². The van der Waals surface area contributed by atoms with E-state index in [1.807, 2.05) is 0 Å². The first-order chi connectivity index (χ1) is 8.45. The summed E-state index contributed by atoms with van der Waals surface area (Å²) >= 11 is 1.16. The lowest BCUT2D eigenvalue weighted by Gasteiger charge is -2.17. The Morgan fingerprint density at radius 2 is 2.22 bits per heavy atom. The van der Waals surface area contributed by atoms with E-state index in [4.69, 9.17) is 5.11 Å². The molecule has 4 nitrogen and oxygen atoms in total. The summed E-state index contributed by atoms with van der Waals surface area (Å²) in [5, 5.41) is 9.00. The number of sulfonamides is 1. The molecule has 1 unspecified atom stereocenters. The maximum absolute atomic E-state index is 12.4. The van der Waals surface area contributed by atoms with E-state index in [1.165, 1.54) is 0 Å². The van der Waals surface area contributed by atoms with Crippen LogP contribution in [0.1, 0.15) is 25.1 Å². The Labute approximate surface area is 112 Å². The van der Waals surface area contributed by atoms with Crippen LogP contribution >= 0.6 is 11.3 Å². The first kappa shape index (κ1) is 14.0. The average molecular weight is 289 g/mol. The third-order valence-corrected chi connectivity index (χ3v) is 6.92. The highest BCUT2D eigenvalue weighted by Crippen LogP contribution is 2.31. The lowest BCUT2D eigenvalue weighted by Crippen LogP contribution is -2.28. The van der Waals surface area contributed by atoms with E-state index >= 15 is 0 Å². The van der Waals surface area contributed by atoms with Crippen LogP contribution in [-0.4, -0.2) is 30.9 Å².